The van der Waals surface area contributed by atoms with Crippen molar-refractivity contribution in [3.8, 4) is 5.75 Å². The topological polar surface area (TPSA) is 105 Å². The highest BCUT2D eigenvalue weighted by Crippen LogP contribution is 2.14. The Labute approximate surface area is 170 Å². The minimum atomic E-state index is -3.80. The van der Waals surface area contributed by atoms with Crippen molar-refractivity contribution in [3.63, 3.8) is 0 Å². The summed E-state index contributed by atoms with van der Waals surface area (Å²) in [4.78, 5) is 23.9. The van der Waals surface area contributed by atoms with Crippen LogP contribution in [-0.2, 0) is 19.6 Å². The maximum atomic E-state index is 12.5. The number of aryl methyl sites for hydroxylation is 2. The number of rotatable bonds is 8. The number of hydrazine groups is 1. The quantitative estimate of drug-likeness (QED) is 0.632. The maximum absolute atomic E-state index is 12.5. The molecule has 2 aromatic carbocycles. The van der Waals surface area contributed by atoms with Gasteiger partial charge in [-0.15, -0.1) is 0 Å². The minimum absolute atomic E-state index is 0.0335. The molecule has 2 aromatic rings. The fraction of sp³-hybridized carbons (Fsp3) is 0.300. The lowest BCUT2D eigenvalue weighted by molar-refractivity contribution is -0.129. The molecule has 0 aliphatic heterocycles. The van der Waals surface area contributed by atoms with Gasteiger partial charge in [-0.3, -0.25) is 20.4 Å². The van der Waals surface area contributed by atoms with Crippen molar-refractivity contribution in [2.75, 3.05) is 20.2 Å². The zero-order valence-electron chi connectivity index (χ0n) is 16.6. The minimum Gasteiger partial charge on any atom is -0.493 e. The van der Waals surface area contributed by atoms with Crippen LogP contribution in [0.25, 0.3) is 0 Å². The molecule has 8 nitrogen and oxygen atoms in total. The van der Waals surface area contributed by atoms with Crippen molar-refractivity contribution >= 4 is 21.8 Å². The summed E-state index contributed by atoms with van der Waals surface area (Å²) >= 11 is 0. The second kappa shape index (κ2) is 10.0. The standard InChI is InChI=1S/C20H25N3O5S/c1-15-7-9-18(10-8-15)29(26,27)23(3)14-20(25)22-21-19(24)11-12-28-17-6-4-5-16(2)13-17/h4-10,13H,11-12,14H2,1-3H3,(H,21,24)(H,22,25). The van der Waals surface area contributed by atoms with Crippen LogP contribution < -0.4 is 15.6 Å². The number of carbonyl (C=O) groups excluding carboxylic acids is 2. The molecule has 0 unspecified atom stereocenters. The molecule has 2 N–H and O–H groups in total. The summed E-state index contributed by atoms with van der Waals surface area (Å²) in [7, 11) is -2.50. The molecule has 0 saturated carbocycles. The average Bonchev–Trinajstić information content (AvgIpc) is 2.67. The number of likely N-dealkylation sites (N-methyl/N-ethyl adjacent to an activating group) is 1. The third-order valence-electron chi connectivity index (χ3n) is 4.02. The lowest BCUT2D eigenvalue weighted by atomic mass is 10.2. The number of nitrogens with one attached hydrogen (secondary N) is 2. The second-order valence-electron chi connectivity index (χ2n) is 6.59. The summed E-state index contributed by atoms with van der Waals surface area (Å²) in [5.41, 5.74) is 6.42. The van der Waals surface area contributed by atoms with Crippen molar-refractivity contribution in [1.82, 2.24) is 15.2 Å². The van der Waals surface area contributed by atoms with E-state index >= 15 is 0 Å². The van der Waals surface area contributed by atoms with Gasteiger partial charge in [0.1, 0.15) is 5.75 Å². The molecule has 0 radical (unpaired) electrons. The van der Waals surface area contributed by atoms with Gasteiger partial charge < -0.3 is 4.74 Å². The summed E-state index contributed by atoms with van der Waals surface area (Å²) in [6.45, 7) is 3.50. The zero-order chi connectivity index (χ0) is 21.4. The van der Waals surface area contributed by atoms with Gasteiger partial charge in [0, 0.05) is 7.05 Å². The fourth-order valence-electron chi connectivity index (χ4n) is 2.39. The van der Waals surface area contributed by atoms with Gasteiger partial charge in [-0.25, -0.2) is 8.42 Å². The van der Waals surface area contributed by atoms with Crippen LogP contribution in [0, 0.1) is 13.8 Å². The molecule has 0 heterocycles. The predicted molar refractivity (Wildman–Crippen MR) is 109 cm³/mol. The molecule has 0 fully saturated rings. The average molecular weight is 420 g/mol. The zero-order valence-corrected chi connectivity index (χ0v) is 17.5. The third-order valence-corrected chi connectivity index (χ3v) is 5.84. The van der Waals surface area contributed by atoms with Crippen LogP contribution in [0.15, 0.2) is 53.4 Å². The fourth-order valence-corrected chi connectivity index (χ4v) is 3.51. The Morgan fingerprint density at radius 2 is 1.62 bits per heavy atom. The van der Waals surface area contributed by atoms with E-state index in [9.17, 15) is 18.0 Å². The van der Waals surface area contributed by atoms with Crippen LogP contribution >= 0.6 is 0 Å². The lowest BCUT2D eigenvalue weighted by Gasteiger charge is -2.17. The summed E-state index contributed by atoms with van der Waals surface area (Å²) in [6, 6.07) is 13.8. The Hall–Kier alpha value is -2.91. The molecule has 0 spiro atoms. The first-order valence-electron chi connectivity index (χ1n) is 8.98. The molecule has 0 saturated heterocycles. The molecule has 2 rings (SSSR count). The molecule has 29 heavy (non-hydrogen) atoms. The van der Waals surface area contributed by atoms with E-state index in [1.54, 1.807) is 18.2 Å². The van der Waals surface area contributed by atoms with Gasteiger partial charge in [0.2, 0.25) is 15.9 Å². The van der Waals surface area contributed by atoms with Gasteiger partial charge in [-0.05, 0) is 43.7 Å². The number of carbonyl (C=O) groups is 2. The first kappa shape index (κ1) is 22.4. The van der Waals surface area contributed by atoms with E-state index in [0.29, 0.717) is 5.75 Å². The molecule has 2 amide bonds. The predicted octanol–water partition coefficient (Wildman–Crippen LogP) is 1.54. The number of nitrogens with zero attached hydrogens (tertiary/aromatic N) is 1. The van der Waals surface area contributed by atoms with Crippen LogP contribution in [0.4, 0.5) is 0 Å². The lowest BCUT2D eigenvalue weighted by Crippen LogP contribution is -2.47. The number of hydrogen-bond donors (Lipinski definition) is 2. The monoisotopic (exact) mass is 419 g/mol. The first-order chi connectivity index (χ1) is 13.7. The Kier molecular flexibility index (Phi) is 7.74. The highest BCUT2D eigenvalue weighted by atomic mass is 32.2. The van der Waals surface area contributed by atoms with Crippen molar-refractivity contribution < 1.29 is 22.7 Å². The van der Waals surface area contributed by atoms with E-state index in [1.807, 2.05) is 32.0 Å². The van der Waals surface area contributed by atoms with Crippen LogP contribution in [-0.4, -0.2) is 44.7 Å². The van der Waals surface area contributed by atoms with Crippen LogP contribution in [0.5, 0.6) is 5.75 Å². The van der Waals surface area contributed by atoms with Crippen LogP contribution in [0.2, 0.25) is 0 Å². The van der Waals surface area contributed by atoms with Crippen molar-refractivity contribution in [2.24, 2.45) is 0 Å². The summed E-state index contributed by atoms with van der Waals surface area (Å²) in [5.74, 6) is -0.448. The van der Waals surface area contributed by atoms with Crippen molar-refractivity contribution in [2.45, 2.75) is 25.2 Å². The Balaban J connectivity index is 1.75. The molecule has 0 atom stereocenters. The van der Waals surface area contributed by atoms with Gasteiger partial charge in [0.15, 0.2) is 0 Å². The smallest absolute Gasteiger partial charge is 0.253 e. The molecular formula is C20H25N3O5S. The van der Waals surface area contributed by atoms with Crippen molar-refractivity contribution in [3.05, 3.63) is 59.7 Å². The molecule has 0 aliphatic carbocycles. The highest BCUT2D eigenvalue weighted by Gasteiger charge is 2.22. The molecule has 9 heteroatoms. The first-order valence-corrected chi connectivity index (χ1v) is 10.4. The van der Waals surface area contributed by atoms with E-state index in [-0.39, 0.29) is 17.9 Å². The Bertz CT molecular complexity index is 958. The number of sulfonamides is 1. The Morgan fingerprint density at radius 1 is 0.966 bits per heavy atom. The van der Waals surface area contributed by atoms with E-state index in [2.05, 4.69) is 10.9 Å². The van der Waals surface area contributed by atoms with E-state index in [1.165, 1.54) is 19.2 Å². The second-order valence-corrected chi connectivity index (χ2v) is 8.63. The van der Waals surface area contributed by atoms with Gasteiger partial charge in [0.05, 0.1) is 24.5 Å². The van der Waals surface area contributed by atoms with Gasteiger partial charge >= 0.3 is 0 Å². The number of benzene rings is 2. The van der Waals surface area contributed by atoms with E-state index < -0.39 is 28.4 Å². The molecular weight excluding hydrogens is 394 g/mol. The number of hydrogen-bond acceptors (Lipinski definition) is 5. The summed E-state index contributed by atoms with van der Waals surface area (Å²) < 4.78 is 31.3. The normalized spacial score (nSPS) is 11.2. The van der Waals surface area contributed by atoms with E-state index in [0.717, 1.165) is 15.4 Å². The summed E-state index contributed by atoms with van der Waals surface area (Å²) in [5, 5.41) is 0. The largest absolute Gasteiger partial charge is 0.493 e. The van der Waals surface area contributed by atoms with Crippen LogP contribution in [0.1, 0.15) is 17.5 Å². The summed E-state index contributed by atoms with van der Waals surface area (Å²) in [6.07, 6.45) is 0.0335. The Morgan fingerprint density at radius 3 is 2.28 bits per heavy atom. The third kappa shape index (κ3) is 6.88. The molecule has 0 aliphatic rings. The molecule has 156 valence electrons. The number of amides is 2. The van der Waals surface area contributed by atoms with Crippen molar-refractivity contribution in [1.29, 1.82) is 0 Å². The molecule has 0 aromatic heterocycles. The SMILES string of the molecule is Cc1ccc(S(=O)(=O)N(C)CC(=O)NNC(=O)CCOc2cccc(C)c2)cc1. The molecule has 0 bridgehead atoms. The maximum Gasteiger partial charge on any atom is 0.253 e. The van der Waals surface area contributed by atoms with Gasteiger partial charge in [-0.1, -0.05) is 29.8 Å². The number of ether oxygens (including phenoxy) is 1. The highest BCUT2D eigenvalue weighted by molar-refractivity contribution is 7.89. The van der Waals surface area contributed by atoms with Gasteiger partial charge in [0.25, 0.3) is 5.91 Å². The van der Waals surface area contributed by atoms with Crippen LogP contribution in [0.3, 0.4) is 0 Å². The van der Waals surface area contributed by atoms with Gasteiger partial charge in [-0.2, -0.15) is 4.31 Å². The van der Waals surface area contributed by atoms with E-state index in [4.69, 9.17) is 4.74 Å².